The molecule has 0 atom stereocenters. The van der Waals surface area contributed by atoms with Gasteiger partial charge in [0.25, 0.3) is 5.91 Å². The molecule has 0 radical (unpaired) electrons. The summed E-state index contributed by atoms with van der Waals surface area (Å²) in [5.41, 5.74) is 4.10. The minimum atomic E-state index is -0.435. The Kier molecular flexibility index (Phi) is 3.93. The van der Waals surface area contributed by atoms with Gasteiger partial charge in [-0.05, 0) is 37.3 Å². The van der Waals surface area contributed by atoms with E-state index in [0.717, 1.165) is 16.3 Å². The summed E-state index contributed by atoms with van der Waals surface area (Å²) in [6.07, 6.45) is 0. The molecule has 4 aromatic rings. The van der Waals surface area contributed by atoms with Crippen molar-refractivity contribution in [3.05, 3.63) is 69.7 Å². The molecule has 2 aromatic carbocycles. The number of nitrogens with one attached hydrogen (secondary N) is 1. The summed E-state index contributed by atoms with van der Waals surface area (Å²) in [4.78, 5) is 28.6. The standard InChI is InChI=1S/C19H15N3O3S/c1-11-10-26-18(20-11)13-5-3-4-12(8-13)17(23)21-14-6-7-16-15(9-14)22(2)19(24)25-16/h3-10H,1-2H3,(H,21,23). The molecule has 0 aliphatic carbocycles. The van der Waals surface area contributed by atoms with E-state index < -0.39 is 5.76 Å². The van der Waals surface area contributed by atoms with Gasteiger partial charge in [0.2, 0.25) is 0 Å². The fourth-order valence-corrected chi connectivity index (χ4v) is 3.48. The minimum Gasteiger partial charge on any atom is -0.408 e. The number of hydrogen-bond acceptors (Lipinski definition) is 5. The van der Waals surface area contributed by atoms with Crippen LogP contribution in [-0.2, 0) is 7.05 Å². The van der Waals surface area contributed by atoms with Crippen molar-refractivity contribution in [1.29, 1.82) is 0 Å². The lowest BCUT2D eigenvalue weighted by Crippen LogP contribution is -2.12. The van der Waals surface area contributed by atoms with E-state index in [9.17, 15) is 9.59 Å². The van der Waals surface area contributed by atoms with Crippen LogP contribution in [0, 0.1) is 6.92 Å². The first-order valence-electron chi connectivity index (χ1n) is 7.95. The fourth-order valence-electron chi connectivity index (χ4n) is 2.69. The topological polar surface area (TPSA) is 77.1 Å². The van der Waals surface area contributed by atoms with Crippen molar-refractivity contribution in [2.24, 2.45) is 7.05 Å². The molecule has 2 aromatic heterocycles. The second-order valence-electron chi connectivity index (χ2n) is 5.94. The first kappa shape index (κ1) is 16.3. The van der Waals surface area contributed by atoms with Gasteiger partial charge in [-0.25, -0.2) is 9.78 Å². The molecular weight excluding hydrogens is 350 g/mol. The van der Waals surface area contributed by atoms with Gasteiger partial charge in [-0.2, -0.15) is 0 Å². The number of rotatable bonds is 3. The Morgan fingerprint density at radius 1 is 1.23 bits per heavy atom. The molecule has 1 N–H and O–H groups in total. The largest absolute Gasteiger partial charge is 0.419 e. The Bertz CT molecular complexity index is 1190. The van der Waals surface area contributed by atoms with Gasteiger partial charge in [0.1, 0.15) is 5.01 Å². The highest BCUT2D eigenvalue weighted by atomic mass is 32.1. The van der Waals surface area contributed by atoms with Crippen molar-refractivity contribution < 1.29 is 9.21 Å². The van der Waals surface area contributed by atoms with Crippen LogP contribution in [0.25, 0.3) is 21.7 Å². The number of nitrogens with zero attached hydrogens (tertiary/aromatic N) is 2. The summed E-state index contributed by atoms with van der Waals surface area (Å²) >= 11 is 1.55. The highest BCUT2D eigenvalue weighted by Crippen LogP contribution is 2.25. The van der Waals surface area contributed by atoms with Crippen molar-refractivity contribution in [3.8, 4) is 10.6 Å². The Morgan fingerprint density at radius 2 is 2.08 bits per heavy atom. The van der Waals surface area contributed by atoms with E-state index in [2.05, 4.69) is 10.3 Å². The van der Waals surface area contributed by atoms with Crippen LogP contribution in [0.3, 0.4) is 0 Å². The quantitative estimate of drug-likeness (QED) is 0.599. The van der Waals surface area contributed by atoms with E-state index in [1.165, 1.54) is 4.57 Å². The molecule has 0 aliphatic rings. The molecular formula is C19H15N3O3S. The van der Waals surface area contributed by atoms with Gasteiger partial charge >= 0.3 is 5.76 Å². The number of oxazole rings is 1. The van der Waals surface area contributed by atoms with Crippen molar-refractivity contribution in [3.63, 3.8) is 0 Å². The van der Waals surface area contributed by atoms with E-state index in [1.807, 2.05) is 30.5 Å². The molecule has 130 valence electrons. The summed E-state index contributed by atoms with van der Waals surface area (Å²) in [5.74, 6) is -0.664. The van der Waals surface area contributed by atoms with E-state index in [4.69, 9.17) is 4.42 Å². The Hall–Kier alpha value is -3.19. The normalized spacial score (nSPS) is 11.0. The zero-order valence-electron chi connectivity index (χ0n) is 14.1. The molecule has 4 rings (SSSR count). The maximum atomic E-state index is 12.6. The van der Waals surface area contributed by atoms with Gasteiger partial charge in [-0.15, -0.1) is 11.3 Å². The van der Waals surface area contributed by atoms with Crippen LogP contribution < -0.4 is 11.1 Å². The molecule has 0 unspecified atom stereocenters. The highest BCUT2D eigenvalue weighted by Gasteiger charge is 2.11. The molecule has 0 saturated heterocycles. The second kappa shape index (κ2) is 6.27. The Labute approximate surface area is 152 Å². The predicted octanol–water partition coefficient (Wildman–Crippen LogP) is 3.82. The predicted molar refractivity (Wildman–Crippen MR) is 102 cm³/mol. The van der Waals surface area contributed by atoms with Crippen molar-refractivity contribution >= 4 is 34.0 Å². The van der Waals surface area contributed by atoms with Gasteiger partial charge in [0.15, 0.2) is 5.58 Å². The van der Waals surface area contributed by atoms with Crippen LogP contribution in [-0.4, -0.2) is 15.5 Å². The number of aryl methyl sites for hydroxylation is 2. The number of amides is 1. The monoisotopic (exact) mass is 365 g/mol. The first-order valence-corrected chi connectivity index (χ1v) is 8.83. The lowest BCUT2D eigenvalue weighted by molar-refractivity contribution is 0.102. The third-order valence-electron chi connectivity index (χ3n) is 4.04. The van der Waals surface area contributed by atoms with E-state index in [0.29, 0.717) is 22.4 Å². The van der Waals surface area contributed by atoms with Gasteiger partial charge in [0, 0.05) is 34.9 Å². The van der Waals surface area contributed by atoms with E-state index >= 15 is 0 Å². The molecule has 0 fully saturated rings. The third kappa shape index (κ3) is 2.93. The molecule has 0 saturated carbocycles. The molecule has 0 spiro atoms. The summed E-state index contributed by atoms with van der Waals surface area (Å²) in [6.45, 7) is 1.94. The molecule has 0 bridgehead atoms. The number of fused-ring (bicyclic) bond motifs is 1. The van der Waals surface area contributed by atoms with Crippen LogP contribution in [0.2, 0.25) is 0 Å². The van der Waals surface area contributed by atoms with Crippen LogP contribution >= 0.6 is 11.3 Å². The maximum absolute atomic E-state index is 12.6. The van der Waals surface area contributed by atoms with Gasteiger partial charge in [0.05, 0.1) is 5.52 Å². The first-order chi connectivity index (χ1) is 12.5. The number of carbonyl (C=O) groups is 1. The van der Waals surface area contributed by atoms with Gasteiger partial charge in [-0.1, -0.05) is 12.1 Å². The van der Waals surface area contributed by atoms with Crippen molar-refractivity contribution in [1.82, 2.24) is 9.55 Å². The van der Waals surface area contributed by atoms with E-state index in [-0.39, 0.29) is 5.91 Å². The van der Waals surface area contributed by atoms with Crippen LogP contribution in [0.5, 0.6) is 0 Å². The van der Waals surface area contributed by atoms with Crippen LogP contribution in [0.4, 0.5) is 5.69 Å². The van der Waals surface area contributed by atoms with Crippen molar-refractivity contribution in [2.75, 3.05) is 5.32 Å². The Balaban J connectivity index is 1.62. The number of hydrogen-bond donors (Lipinski definition) is 1. The average molecular weight is 365 g/mol. The summed E-state index contributed by atoms with van der Waals surface area (Å²) in [6, 6.07) is 12.4. The lowest BCUT2D eigenvalue weighted by Gasteiger charge is -2.06. The molecule has 0 aliphatic heterocycles. The van der Waals surface area contributed by atoms with E-state index in [1.54, 1.807) is 42.6 Å². The summed E-state index contributed by atoms with van der Waals surface area (Å²) in [7, 11) is 1.62. The third-order valence-corrected chi connectivity index (χ3v) is 5.05. The number of anilines is 1. The molecule has 1 amide bonds. The number of thiazole rings is 1. The van der Waals surface area contributed by atoms with Gasteiger partial charge < -0.3 is 9.73 Å². The fraction of sp³-hybridized carbons (Fsp3) is 0.105. The molecule has 7 heteroatoms. The average Bonchev–Trinajstić information content (AvgIpc) is 3.19. The molecule has 2 heterocycles. The number of aromatic nitrogens is 2. The number of benzene rings is 2. The lowest BCUT2D eigenvalue weighted by atomic mass is 10.1. The van der Waals surface area contributed by atoms with Crippen LogP contribution in [0.1, 0.15) is 16.1 Å². The van der Waals surface area contributed by atoms with Gasteiger partial charge in [-0.3, -0.25) is 9.36 Å². The summed E-state index contributed by atoms with van der Waals surface area (Å²) < 4.78 is 6.50. The Morgan fingerprint density at radius 3 is 2.85 bits per heavy atom. The zero-order chi connectivity index (χ0) is 18.3. The molecule has 6 nitrogen and oxygen atoms in total. The van der Waals surface area contributed by atoms with Crippen LogP contribution in [0.15, 0.2) is 57.1 Å². The van der Waals surface area contributed by atoms with Crippen molar-refractivity contribution in [2.45, 2.75) is 6.92 Å². The highest BCUT2D eigenvalue weighted by molar-refractivity contribution is 7.13. The number of carbonyl (C=O) groups excluding carboxylic acids is 1. The molecule has 26 heavy (non-hydrogen) atoms. The summed E-state index contributed by atoms with van der Waals surface area (Å²) in [5, 5.41) is 5.72. The maximum Gasteiger partial charge on any atom is 0.419 e. The smallest absolute Gasteiger partial charge is 0.408 e. The minimum absolute atomic E-state index is 0.229. The SMILES string of the molecule is Cc1csc(-c2cccc(C(=O)Nc3ccc4oc(=O)n(C)c4c3)c2)n1. The second-order valence-corrected chi connectivity index (χ2v) is 6.80. The zero-order valence-corrected chi connectivity index (χ0v) is 15.0.